The molecule has 1 aromatic rings. The van der Waals surface area contributed by atoms with Crippen LogP contribution in [0.15, 0.2) is 22.8 Å². The molecular weight excluding hydrogens is 156 g/mol. The highest BCUT2D eigenvalue weighted by Gasteiger charge is 2.24. The summed E-state index contributed by atoms with van der Waals surface area (Å²) in [4.78, 5) is 11.2. The van der Waals surface area contributed by atoms with Crippen molar-refractivity contribution in [2.75, 3.05) is 0 Å². The average Bonchev–Trinajstić information content (AvgIpc) is 2.37. The number of carbonyl (C=O) groups is 1. The normalized spacial score (nSPS) is 11.6. The molecular formula is C9H12O3. The van der Waals surface area contributed by atoms with Crippen LogP contribution in [0.5, 0.6) is 0 Å². The lowest BCUT2D eigenvalue weighted by Crippen LogP contribution is -2.32. The van der Waals surface area contributed by atoms with E-state index in [9.17, 15) is 9.90 Å². The number of hydrogen-bond acceptors (Lipinski definition) is 3. The summed E-state index contributed by atoms with van der Waals surface area (Å²) in [5.41, 5.74) is -1.27. The molecule has 0 aliphatic rings. The second-order valence-corrected chi connectivity index (χ2v) is 3.24. The van der Waals surface area contributed by atoms with Crippen LogP contribution < -0.4 is 0 Å². The van der Waals surface area contributed by atoms with E-state index in [-0.39, 0.29) is 12.2 Å². The van der Waals surface area contributed by atoms with Gasteiger partial charge in [-0.05, 0) is 26.0 Å². The molecule has 1 heterocycles. The fourth-order valence-corrected chi connectivity index (χ4v) is 0.788. The predicted molar refractivity (Wildman–Crippen MR) is 43.7 cm³/mol. The topological polar surface area (TPSA) is 50.4 Å². The van der Waals surface area contributed by atoms with E-state index in [1.807, 2.05) is 0 Å². The zero-order valence-corrected chi connectivity index (χ0v) is 7.20. The zero-order chi connectivity index (χ0) is 9.19. The minimum Gasteiger partial charge on any atom is -0.469 e. The third-order valence-electron chi connectivity index (χ3n) is 1.60. The van der Waals surface area contributed by atoms with E-state index >= 15 is 0 Å². The van der Waals surface area contributed by atoms with Crippen LogP contribution in [0, 0.1) is 0 Å². The van der Waals surface area contributed by atoms with Crippen molar-refractivity contribution in [2.24, 2.45) is 0 Å². The van der Waals surface area contributed by atoms with E-state index in [0.29, 0.717) is 5.76 Å². The second kappa shape index (κ2) is 3.11. The average molecular weight is 168 g/mol. The number of Topliss-reactive ketones (excluding diaryl/α,β-unsaturated/α-hetero) is 1. The zero-order valence-electron chi connectivity index (χ0n) is 7.20. The van der Waals surface area contributed by atoms with Crippen molar-refractivity contribution in [1.29, 1.82) is 0 Å². The highest BCUT2D eigenvalue weighted by molar-refractivity contribution is 5.87. The maximum atomic E-state index is 11.2. The molecule has 0 aliphatic heterocycles. The Morgan fingerprint density at radius 3 is 2.75 bits per heavy atom. The van der Waals surface area contributed by atoms with Gasteiger partial charge in [-0.2, -0.15) is 0 Å². The molecule has 0 fully saturated rings. The van der Waals surface area contributed by atoms with Crippen LogP contribution in [0.3, 0.4) is 0 Å². The fourth-order valence-electron chi connectivity index (χ4n) is 0.788. The maximum absolute atomic E-state index is 11.2. The summed E-state index contributed by atoms with van der Waals surface area (Å²) >= 11 is 0. The molecule has 12 heavy (non-hydrogen) atoms. The molecule has 1 rings (SSSR count). The summed E-state index contributed by atoms with van der Waals surface area (Å²) in [6.07, 6.45) is 1.66. The quantitative estimate of drug-likeness (QED) is 0.736. The maximum Gasteiger partial charge on any atom is 0.171 e. The molecule has 0 aliphatic carbocycles. The first-order chi connectivity index (χ1) is 5.50. The van der Waals surface area contributed by atoms with E-state index in [0.717, 1.165) is 0 Å². The Labute approximate surface area is 71.0 Å². The molecule has 0 spiro atoms. The summed E-state index contributed by atoms with van der Waals surface area (Å²) in [6, 6.07) is 3.43. The number of aliphatic hydroxyl groups is 1. The van der Waals surface area contributed by atoms with Crippen molar-refractivity contribution < 1.29 is 14.3 Å². The number of hydrogen-bond donors (Lipinski definition) is 1. The molecule has 1 aromatic heterocycles. The number of rotatable bonds is 3. The Morgan fingerprint density at radius 2 is 2.33 bits per heavy atom. The van der Waals surface area contributed by atoms with Crippen molar-refractivity contribution in [2.45, 2.75) is 25.9 Å². The molecule has 0 unspecified atom stereocenters. The molecule has 0 radical (unpaired) electrons. The lowest BCUT2D eigenvalue weighted by Gasteiger charge is -2.13. The van der Waals surface area contributed by atoms with Gasteiger partial charge in [0.25, 0.3) is 0 Å². The van der Waals surface area contributed by atoms with E-state index in [1.165, 1.54) is 20.1 Å². The molecule has 0 saturated heterocycles. The Morgan fingerprint density at radius 1 is 1.67 bits per heavy atom. The molecule has 3 heteroatoms. The molecule has 0 saturated carbocycles. The van der Waals surface area contributed by atoms with Crippen molar-refractivity contribution in [1.82, 2.24) is 0 Å². The molecule has 0 bridgehead atoms. The van der Waals surface area contributed by atoms with E-state index in [4.69, 9.17) is 4.42 Å². The van der Waals surface area contributed by atoms with Crippen LogP contribution in [0.4, 0.5) is 0 Å². The van der Waals surface area contributed by atoms with Gasteiger partial charge in [0.2, 0.25) is 0 Å². The molecule has 0 aromatic carbocycles. The van der Waals surface area contributed by atoms with Crippen LogP contribution in [-0.2, 0) is 11.2 Å². The monoisotopic (exact) mass is 168 g/mol. The number of ketones is 1. The Bertz CT molecular complexity index is 254. The van der Waals surface area contributed by atoms with Gasteiger partial charge in [-0.3, -0.25) is 4.79 Å². The van der Waals surface area contributed by atoms with Crippen molar-refractivity contribution in [3.05, 3.63) is 24.2 Å². The first kappa shape index (κ1) is 9.00. The Balaban J connectivity index is 2.60. The SMILES string of the molecule is CC(C)(O)C(=O)Cc1ccco1. The lowest BCUT2D eigenvalue weighted by atomic mass is 10.0. The third-order valence-corrected chi connectivity index (χ3v) is 1.60. The van der Waals surface area contributed by atoms with Gasteiger partial charge < -0.3 is 9.52 Å². The highest BCUT2D eigenvalue weighted by Crippen LogP contribution is 2.09. The van der Waals surface area contributed by atoms with Crippen molar-refractivity contribution in [3.8, 4) is 0 Å². The predicted octanol–water partition coefficient (Wildman–Crippen LogP) is 1.16. The Kier molecular flexibility index (Phi) is 2.33. The van der Waals surface area contributed by atoms with Crippen LogP contribution in [-0.4, -0.2) is 16.5 Å². The van der Waals surface area contributed by atoms with E-state index < -0.39 is 5.60 Å². The standard InChI is InChI=1S/C9H12O3/c1-9(2,11)8(10)6-7-4-3-5-12-7/h3-5,11H,6H2,1-2H3. The smallest absolute Gasteiger partial charge is 0.171 e. The van der Waals surface area contributed by atoms with Gasteiger partial charge in [-0.25, -0.2) is 0 Å². The van der Waals surface area contributed by atoms with Crippen molar-refractivity contribution in [3.63, 3.8) is 0 Å². The van der Waals surface area contributed by atoms with Gasteiger partial charge in [0.15, 0.2) is 5.78 Å². The number of furan rings is 1. The van der Waals surface area contributed by atoms with Crippen LogP contribution >= 0.6 is 0 Å². The molecule has 66 valence electrons. The van der Waals surface area contributed by atoms with Gasteiger partial charge in [-0.15, -0.1) is 0 Å². The summed E-state index contributed by atoms with van der Waals surface area (Å²) in [7, 11) is 0. The van der Waals surface area contributed by atoms with Crippen LogP contribution in [0.25, 0.3) is 0 Å². The fraction of sp³-hybridized carbons (Fsp3) is 0.444. The minimum atomic E-state index is -1.27. The second-order valence-electron chi connectivity index (χ2n) is 3.24. The minimum absolute atomic E-state index is 0.149. The van der Waals surface area contributed by atoms with Gasteiger partial charge in [0, 0.05) is 0 Å². The van der Waals surface area contributed by atoms with Gasteiger partial charge in [0.05, 0.1) is 12.7 Å². The summed E-state index contributed by atoms with van der Waals surface area (Å²) in [5, 5.41) is 9.29. The highest BCUT2D eigenvalue weighted by atomic mass is 16.3. The van der Waals surface area contributed by atoms with Crippen molar-refractivity contribution >= 4 is 5.78 Å². The van der Waals surface area contributed by atoms with E-state index in [2.05, 4.69) is 0 Å². The molecule has 1 N–H and O–H groups in total. The third kappa shape index (κ3) is 2.20. The first-order valence-corrected chi connectivity index (χ1v) is 3.78. The molecule has 3 nitrogen and oxygen atoms in total. The van der Waals surface area contributed by atoms with Gasteiger partial charge in [-0.1, -0.05) is 0 Å². The number of carbonyl (C=O) groups excluding carboxylic acids is 1. The summed E-state index contributed by atoms with van der Waals surface area (Å²) in [6.45, 7) is 2.94. The first-order valence-electron chi connectivity index (χ1n) is 3.78. The lowest BCUT2D eigenvalue weighted by molar-refractivity contribution is -0.133. The van der Waals surface area contributed by atoms with E-state index in [1.54, 1.807) is 12.1 Å². The Hall–Kier alpha value is -1.09. The largest absolute Gasteiger partial charge is 0.469 e. The molecule has 0 atom stereocenters. The van der Waals surface area contributed by atoms with Gasteiger partial charge >= 0.3 is 0 Å². The van der Waals surface area contributed by atoms with Gasteiger partial charge in [0.1, 0.15) is 11.4 Å². The summed E-state index contributed by atoms with van der Waals surface area (Å²) < 4.78 is 4.97. The molecule has 0 amide bonds. The van der Waals surface area contributed by atoms with Crippen LogP contribution in [0.1, 0.15) is 19.6 Å². The summed E-state index contributed by atoms with van der Waals surface area (Å²) in [5.74, 6) is 0.347. The van der Waals surface area contributed by atoms with Crippen LogP contribution in [0.2, 0.25) is 0 Å².